The molecule has 0 radical (unpaired) electrons. The van der Waals surface area contributed by atoms with Crippen LogP contribution in [0.4, 0.5) is 19.1 Å². The van der Waals surface area contributed by atoms with Crippen molar-refractivity contribution in [1.29, 1.82) is 0 Å². The number of nitrogens with zero attached hydrogens (tertiary/aromatic N) is 2. The van der Waals surface area contributed by atoms with Crippen molar-refractivity contribution in [2.75, 3.05) is 25.0 Å². The van der Waals surface area contributed by atoms with E-state index in [2.05, 4.69) is 15.6 Å². The quantitative estimate of drug-likeness (QED) is 0.728. The normalized spacial score (nSPS) is 28.2. The maximum absolute atomic E-state index is 12.6. The molecule has 0 bridgehead atoms. The summed E-state index contributed by atoms with van der Waals surface area (Å²) in [7, 11) is 0. The molecule has 1 aromatic heterocycles. The lowest BCUT2D eigenvalue weighted by molar-refractivity contribution is -0.140. The molecule has 2 N–H and O–H groups in total. The van der Waals surface area contributed by atoms with Gasteiger partial charge in [-0.25, -0.2) is 4.98 Å². The Kier molecular flexibility index (Phi) is 2.32. The van der Waals surface area contributed by atoms with Crippen LogP contribution in [0.3, 0.4) is 0 Å². The third-order valence-corrected chi connectivity index (χ3v) is 3.47. The summed E-state index contributed by atoms with van der Waals surface area (Å²) >= 11 is 0. The van der Waals surface area contributed by atoms with Gasteiger partial charge in [0.1, 0.15) is 0 Å². The van der Waals surface area contributed by atoms with Crippen molar-refractivity contribution in [3.05, 3.63) is 11.9 Å². The van der Waals surface area contributed by atoms with Crippen LogP contribution in [-0.4, -0.2) is 29.2 Å². The van der Waals surface area contributed by atoms with Crippen molar-refractivity contribution in [2.45, 2.75) is 18.6 Å². The minimum absolute atomic E-state index is 0.135. The zero-order valence-electron chi connectivity index (χ0n) is 9.09. The zero-order chi connectivity index (χ0) is 12.0. The van der Waals surface area contributed by atoms with Gasteiger partial charge in [0.2, 0.25) is 5.95 Å². The molecule has 1 fully saturated rings. The molecule has 1 saturated heterocycles. The fourth-order valence-corrected chi connectivity index (χ4v) is 2.62. The van der Waals surface area contributed by atoms with Crippen molar-refractivity contribution >= 4 is 5.95 Å². The van der Waals surface area contributed by atoms with E-state index in [9.17, 15) is 13.2 Å². The Morgan fingerprint density at radius 3 is 2.94 bits per heavy atom. The van der Waals surface area contributed by atoms with E-state index in [1.165, 1.54) is 0 Å². The lowest BCUT2D eigenvalue weighted by atomic mass is 9.92. The molecule has 0 amide bonds. The molecule has 2 atom stereocenters. The Hall–Kier alpha value is -1.24. The number of rotatable bonds is 0. The van der Waals surface area contributed by atoms with Crippen LogP contribution in [0.2, 0.25) is 0 Å². The van der Waals surface area contributed by atoms with Crippen LogP contribution in [-0.2, 0) is 6.18 Å². The van der Waals surface area contributed by atoms with Gasteiger partial charge in [0.15, 0.2) is 5.69 Å². The Morgan fingerprint density at radius 2 is 2.18 bits per heavy atom. The van der Waals surface area contributed by atoms with Crippen LogP contribution in [0.1, 0.15) is 18.2 Å². The Bertz CT molecular complexity index is 426. The lowest BCUT2D eigenvalue weighted by Gasteiger charge is -2.37. The monoisotopic (exact) mass is 246 g/mol. The van der Waals surface area contributed by atoms with Gasteiger partial charge in [0.25, 0.3) is 0 Å². The number of imidazole rings is 1. The third-order valence-electron chi connectivity index (χ3n) is 3.47. The van der Waals surface area contributed by atoms with Gasteiger partial charge in [0.05, 0.1) is 0 Å². The van der Waals surface area contributed by atoms with Crippen LogP contribution < -0.4 is 10.6 Å². The summed E-state index contributed by atoms with van der Waals surface area (Å²) in [5.74, 6) is 0.687. The molecule has 7 heteroatoms. The molecule has 94 valence electrons. The molecule has 0 spiro atoms. The maximum atomic E-state index is 12.6. The SMILES string of the molecule is FC(F)(F)c1cn2c(n1)NCC1CNCCC12. The minimum Gasteiger partial charge on any atom is -0.355 e. The highest BCUT2D eigenvalue weighted by Gasteiger charge is 2.38. The smallest absolute Gasteiger partial charge is 0.355 e. The first-order chi connectivity index (χ1) is 8.05. The molecule has 0 aliphatic carbocycles. The zero-order valence-corrected chi connectivity index (χ0v) is 9.09. The van der Waals surface area contributed by atoms with Gasteiger partial charge in [-0.05, 0) is 13.0 Å². The molecule has 2 aliphatic heterocycles. The summed E-state index contributed by atoms with van der Waals surface area (Å²) in [6.45, 7) is 2.38. The first kappa shape index (κ1) is 10.9. The fourth-order valence-electron chi connectivity index (χ4n) is 2.62. The van der Waals surface area contributed by atoms with E-state index in [4.69, 9.17) is 0 Å². The molecule has 17 heavy (non-hydrogen) atoms. The molecule has 0 saturated carbocycles. The average molecular weight is 246 g/mol. The highest BCUT2D eigenvalue weighted by molar-refractivity contribution is 5.34. The van der Waals surface area contributed by atoms with Gasteiger partial charge in [-0.2, -0.15) is 13.2 Å². The second-order valence-corrected chi connectivity index (χ2v) is 4.56. The summed E-state index contributed by atoms with van der Waals surface area (Å²) in [5.41, 5.74) is -0.806. The molecule has 3 heterocycles. The molecular formula is C10H13F3N4. The van der Waals surface area contributed by atoms with E-state index in [1.54, 1.807) is 4.57 Å². The van der Waals surface area contributed by atoms with E-state index in [0.717, 1.165) is 25.7 Å². The second-order valence-electron chi connectivity index (χ2n) is 4.56. The number of nitrogens with one attached hydrogen (secondary N) is 2. The highest BCUT2D eigenvalue weighted by Crippen LogP contribution is 2.36. The fraction of sp³-hybridized carbons (Fsp3) is 0.700. The molecule has 1 aromatic rings. The van der Waals surface area contributed by atoms with E-state index >= 15 is 0 Å². The van der Waals surface area contributed by atoms with E-state index in [0.29, 0.717) is 18.4 Å². The summed E-state index contributed by atoms with van der Waals surface area (Å²) in [6.07, 6.45) is -2.38. The number of anilines is 1. The average Bonchev–Trinajstić information content (AvgIpc) is 2.72. The van der Waals surface area contributed by atoms with Crippen molar-refractivity contribution < 1.29 is 13.2 Å². The van der Waals surface area contributed by atoms with Crippen molar-refractivity contribution in [1.82, 2.24) is 14.9 Å². The van der Waals surface area contributed by atoms with E-state index < -0.39 is 11.9 Å². The van der Waals surface area contributed by atoms with Gasteiger partial charge in [-0.15, -0.1) is 0 Å². The van der Waals surface area contributed by atoms with E-state index in [1.807, 2.05) is 0 Å². The highest BCUT2D eigenvalue weighted by atomic mass is 19.4. The molecule has 4 nitrogen and oxygen atoms in total. The summed E-state index contributed by atoms with van der Waals surface area (Å²) in [4.78, 5) is 3.62. The predicted octanol–water partition coefficient (Wildman–Crippen LogP) is 1.48. The Labute approximate surface area is 96.2 Å². The van der Waals surface area contributed by atoms with Crippen LogP contribution >= 0.6 is 0 Å². The third kappa shape index (κ3) is 1.78. The number of hydrogen-bond acceptors (Lipinski definition) is 3. The van der Waals surface area contributed by atoms with Crippen LogP contribution in [0.5, 0.6) is 0 Å². The lowest BCUT2D eigenvalue weighted by Crippen LogP contribution is -2.44. The van der Waals surface area contributed by atoms with Gasteiger partial charge in [0, 0.05) is 31.2 Å². The van der Waals surface area contributed by atoms with Crippen LogP contribution in [0, 0.1) is 5.92 Å². The standard InChI is InChI=1S/C10H13F3N4/c11-10(12,13)8-5-17-7-1-2-14-3-6(7)4-15-9(17)16-8/h5-7,14H,1-4H2,(H,15,16). The molecular weight excluding hydrogens is 233 g/mol. The first-order valence-electron chi connectivity index (χ1n) is 5.66. The van der Waals surface area contributed by atoms with Crippen LogP contribution in [0.25, 0.3) is 0 Å². The minimum atomic E-state index is -4.37. The second kappa shape index (κ2) is 3.63. The largest absolute Gasteiger partial charge is 0.434 e. The molecule has 2 aliphatic rings. The predicted molar refractivity (Wildman–Crippen MR) is 55.7 cm³/mol. The molecule has 0 aromatic carbocycles. The number of alkyl halides is 3. The van der Waals surface area contributed by atoms with Crippen molar-refractivity contribution in [3.63, 3.8) is 0 Å². The van der Waals surface area contributed by atoms with Gasteiger partial charge >= 0.3 is 6.18 Å². The number of fused-ring (bicyclic) bond motifs is 3. The summed E-state index contributed by atoms with van der Waals surface area (Å²) in [6, 6.07) is 0.135. The summed E-state index contributed by atoms with van der Waals surface area (Å²) in [5, 5.41) is 6.22. The van der Waals surface area contributed by atoms with Gasteiger partial charge < -0.3 is 15.2 Å². The van der Waals surface area contributed by atoms with Crippen molar-refractivity contribution in [2.24, 2.45) is 5.92 Å². The molecule has 3 rings (SSSR count). The topological polar surface area (TPSA) is 41.9 Å². The Morgan fingerprint density at radius 1 is 1.35 bits per heavy atom. The number of halogens is 3. The van der Waals surface area contributed by atoms with Gasteiger partial charge in [-0.1, -0.05) is 0 Å². The van der Waals surface area contributed by atoms with E-state index in [-0.39, 0.29) is 6.04 Å². The number of hydrogen-bond donors (Lipinski definition) is 2. The first-order valence-corrected chi connectivity index (χ1v) is 5.66. The molecule has 2 unspecified atom stereocenters. The Balaban J connectivity index is 1.96. The van der Waals surface area contributed by atoms with Crippen LogP contribution in [0.15, 0.2) is 6.20 Å². The number of aromatic nitrogens is 2. The van der Waals surface area contributed by atoms with Crippen molar-refractivity contribution in [3.8, 4) is 0 Å². The maximum Gasteiger partial charge on any atom is 0.434 e. The van der Waals surface area contributed by atoms with Gasteiger partial charge in [-0.3, -0.25) is 0 Å². The summed E-state index contributed by atoms with van der Waals surface area (Å²) < 4.78 is 39.4. The number of piperidine rings is 1.